The molecule has 6 heteroatoms. The average Bonchev–Trinajstić information content (AvgIpc) is 3.44. The van der Waals surface area contributed by atoms with Gasteiger partial charge in [-0.2, -0.15) is 0 Å². The molecule has 6 aromatic rings. The lowest BCUT2D eigenvalue weighted by molar-refractivity contribution is -0.112. The van der Waals surface area contributed by atoms with Crippen molar-refractivity contribution >= 4 is 44.7 Å². The molecule has 1 N–H and O–H groups in total. The number of anilines is 1. The van der Waals surface area contributed by atoms with Crippen molar-refractivity contribution < 1.29 is 14.0 Å². The monoisotopic (exact) mass is 475 g/mol. The summed E-state index contributed by atoms with van der Waals surface area (Å²) in [6.07, 6.45) is 1.74. The lowest BCUT2D eigenvalue weighted by Crippen LogP contribution is -2.24. The first-order valence-corrected chi connectivity index (χ1v) is 11.8. The van der Waals surface area contributed by atoms with Crippen LogP contribution in [0.1, 0.15) is 17.4 Å². The highest BCUT2D eigenvalue weighted by Crippen LogP contribution is 2.32. The minimum absolute atomic E-state index is 0.235. The number of aromatic nitrogens is 2. The van der Waals surface area contributed by atoms with Gasteiger partial charge in [0.1, 0.15) is 11.5 Å². The lowest BCUT2D eigenvalue weighted by Gasteiger charge is -2.09. The number of amides is 1. The summed E-state index contributed by atoms with van der Waals surface area (Å²) in [5.74, 6) is -1.77. The van der Waals surface area contributed by atoms with Gasteiger partial charge < -0.3 is 14.3 Å². The zero-order chi connectivity index (χ0) is 24.8. The van der Waals surface area contributed by atoms with Crippen LogP contribution < -0.4 is 5.32 Å². The van der Waals surface area contributed by atoms with E-state index in [0.29, 0.717) is 16.8 Å². The van der Waals surface area contributed by atoms with Crippen molar-refractivity contribution in [2.45, 2.75) is 13.5 Å². The number of nitrogens with zero attached hydrogens (tertiary/aromatic N) is 2. The van der Waals surface area contributed by atoms with E-state index < -0.39 is 11.7 Å². The molecule has 36 heavy (non-hydrogen) atoms. The first-order valence-electron chi connectivity index (χ1n) is 11.8. The number of aryl methyl sites for hydroxylation is 1. The summed E-state index contributed by atoms with van der Waals surface area (Å²) in [7, 11) is 0. The Morgan fingerprint density at radius 1 is 0.833 bits per heavy atom. The summed E-state index contributed by atoms with van der Waals surface area (Å²) < 4.78 is 17.4. The van der Waals surface area contributed by atoms with E-state index in [4.69, 9.17) is 0 Å². The highest BCUT2D eigenvalue weighted by Gasteiger charge is 2.25. The third kappa shape index (κ3) is 3.46. The van der Waals surface area contributed by atoms with Gasteiger partial charge in [0.25, 0.3) is 11.7 Å². The van der Waals surface area contributed by atoms with Gasteiger partial charge >= 0.3 is 0 Å². The van der Waals surface area contributed by atoms with Crippen molar-refractivity contribution in [2.75, 3.05) is 5.32 Å². The Labute approximate surface area is 206 Å². The van der Waals surface area contributed by atoms with Gasteiger partial charge in [0.15, 0.2) is 0 Å². The van der Waals surface area contributed by atoms with Crippen molar-refractivity contribution in [1.82, 2.24) is 8.97 Å². The van der Waals surface area contributed by atoms with Gasteiger partial charge in [0.2, 0.25) is 0 Å². The SMILES string of the molecule is CCn1c2ccccc2c2cc(NC(=O)C(=O)c3c(-c4ccc(F)cc4)cc4ccccn34)ccc21. The Balaban J connectivity index is 1.40. The predicted octanol–water partition coefficient (Wildman–Crippen LogP) is 6.69. The predicted molar refractivity (Wildman–Crippen MR) is 141 cm³/mol. The number of hydrogen-bond donors (Lipinski definition) is 1. The number of halogens is 1. The molecule has 0 saturated carbocycles. The molecule has 6 rings (SSSR count). The summed E-state index contributed by atoms with van der Waals surface area (Å²) in [5.41, 5.74) is 4.97. The maximum absolute atomic E-state index is 13.5. The number of carbonyl (C=O) groups is 2. The minimum Gasteiger partial charge on any atom is -0.341 e. The van der Waals surface area contributed by atoms with Crippen LogP contribution in [-0.2, 0) is 11.3 Å². The number of benzene rings is 3. The second-order valence-corrected chi connectivity index (χ2v) is 8.69. The molecule has 0 aliphatic rings. The molecule has 0 saturated heterocycles. The Hall–Kier alpha value is -4.71. The van der Waals surface area contributed by atoms with E-state index in [1.54, 1.807) is 28.8 Å². The number of fused-ring (bicyclic) bond motifs is 4. The van der Waals surface area contributed by atoms with Crippen molar-refractivity contribution in [3.63, 3.8) is 0 Å². The quantitative estimate of drug-likeness (QED) is 0.223. The maximum atomic E-state index is 13.5. The molecule has 0 atom stereocenters. The van der Waals surface area contributed by atoms with E-state index in [0.717, 1.165) is 33.9 Å². The highest BCUT2D eigenvalue weighted by molar-refractivity contribution is 6.47. The number of ketones is 1. The van der Waals surface area contributed by atoms with Gasteiger partial charge in [-0.1, -0.05) is 36.4 Å². The second-order valence-electron chi connectivity index (χ2n) is 8.69. The standard InChI is InChI=1S/C30H22FN3O2/c1-2-33-26-9-4-3-8-23(26)25-17-21(14-15-27(25)33)32-30(36)29(35)28-24(19-10-12-20(31)13-11-19)18-22-7-5-6-16-34(22)28/h3-18H,2H2,1H3,(H,32,36). The van der Waals surface area contributed by atoms with Crippen LogP contribution in [0, 0.1) is 5.82 Å². The van der Waals surface area contributed by atoms with Gasteiger partial charge in [-0.3, -0.25) is 9.59 Å². The molecule has 0 radical (unpaired) electrons. The summed E-state index contributed by atoms with van der Waals surface area (Å²) >= 11 is 0. The van der Waals surface area contributed by atoms with Crippen LogP contribution in [0.3, 0.4) is 0 Å². The van der Waals surface area contributed by atoms with Gasteiger partial charge in [-0.25, -0.2) is 4.39 Å². The van der Waals surface area contributed by atoms with E-state index >= 15 is 0 Å². The fourth-order valence-corrected chi connectivity index (χ4v) is 4.97. The first kappa shape index (κ1) is 21.8. The molecular weight excluding hydrogens is 453 g/mol. The number of hydrogen-bond acceptors (Lipinski definition) is 2. The summed E-state index contributed by atoms with van der Waals surface area (Å²) in [4.78, 5) is 26.7. The van der Waals surface area contributed by atoms with E-state index in [9.17, 15) is 14.0 Å². The van der Waals surface area contributed by atoms with Crippen LogP contribution in [0.15, 0.2) is 97.2 Å². The summed E-state index contributed by atoms with van der Waals surface area (Å²) in [5, 5.41) is 4.90. The van der Waals surface area contributed by atoms with Gasteiger partial charge in [-0.05, 0) is 67.1 Å². The number of nitrogens with one attached hydrogen (secondary N) is 1. The topological polar surface area (TPSA) is 55.5 Å². The van der Waals surface area contributed by atoms with Crippen LogP contribution >= 0.6 is 0 Å². The lowest BCUT2D eigenvalue weighted by atomic mass is 10.0. The van der Waals surface area contributed by atoms with Gasteiger partial charge in [0, 0.05) is 51.3 Å². The van der Waals surface area contributed by atoms with Crippen LogP contribution in [-0.4, -0.2) is 20.7 Å². The zero-order valence-corrected chi connectivity index (χ0v) is 19.5. The van der Waals surface area contributed by atoms with Crippen LogP contribution in [0.25, 0.3) is 38.4 Å². The molecule has 0 bridgehead atoms. The molecule has 0 spiro atoms. The van der Waals surface area contributed by atoms with Gasteiger partial charge in [0.05, 0.1) is 0 Å². The molecule has 0 fully saturated rings. The number of Topliss-reactive ketones (excluding diaryl/α,β-unsaturated/α-hetero) is 1. The molecule has 3 aromatic heterocycles. The number of pyridine rings is 1. The van der Waals surface area contributed by atoms with Crippen molar-refractivity contribution in [3.05, 3.63) is 109 Å². The third-order valence-corrected chi connectivity index (χ3v) is 6.60. The second kappa shape index (κ2) is 8.50. The molecule has 5 nitrogen and oxygen atoms in total. The molecule has 0 unspecified atom stereocenters. The summed E-state index contributed by atoms with van der Waals surface area (Å²) in [6.45, 7) is 2.92. The van der Waals surface area contributed by atoms with E-state index in [-0.39, 0.29) is 11.5 Å². The summed E-state index contributed by atoms with van der Waals surface area (Å²) in [6, 6.07) is 27.1. The minimum atomic E-state index is -0.735. The van der Waals surface area contributed by atoms with Crippen LogP contribution in [0.5, 0.6) is 0 Å². The largest absolute Gasteiger partial charge is 0.341 e. The van der Waals surface area contributed by atoms with Crippen molar-refractivity contribution in [2.24, 2.45) is 0 Å². The van der Waals surface area contributed by atoms with Crippen LogP contribution in [0.4, 0.5) is 10.1 Å². The molecule has 176 valence electrons. The van der Waals surface area contributed by atoms with Gasteiger partial charge in [-0.15, -0.1) is 0 Å². The Morgan fingerprint density at radius 3 is 2.39 bits per heavy atom. The molecule has 0 aliphatic carbocycles. The zero-order valence-electron chi connectivity index (χ0n) is 19.5. The fourth-order valence-electron chi connectivity index (χ4n) is 4.97. The normalized spacial score (nSPS) is 11.4. The Kier molecular flexibility index (Phi) is 5.15. The number of carbonyl (C=O) groups excluding carboxylic acids is 2. The average molecular weight is 476 g/mol. The number of para-hydroxylation sites is 1. The fraction of sp³-hybridized carbons (Fsp3) is 0.0667. The van der Waals surface area contributed by atoms with Crippen LogP contribution in [0.2, 0.25) is 0 Å². The van der Waals surface area contributed by atoms with Crippen molar-refractivity contribution in [3.8, 4) is 11.1 Å². The molecule has 1 amide bonds. The molecule has 3 heterocycles. The first-order chi connectivity index (χ1) is 17.5. The third-order valence-electron chi connectivity index (χ3n) is 6.60. The highest BCUT2D eigenvalue weighted by atomic mass is 19.1. The van der Waals surface area contributed by atoms with E-state index in [1.165, 1.54) is 12.1 Å². The Morgan fingerprint density at radius 2 is 1.58 bits per heavy atom. The van der Waals surface area contributed by atoms with Crippen molar-refractivity contribution in [1.29, 1.82) is 0 Å². The molecular formula is C30H22FN3O2. The molecule has 3 aromatic carbocycles. The smallest absolute Gasteiger partial charge is 0.298 e. The van der Waals surface area contributed by atoms with E-state index in [1.807, 2.05) is 48.5 Å². The number of rotatable bonds is 5. The maximum Gasteiger partial charge on any atom is 0.298 e. The Bertz CT molecular complexity index is 1790. The molecule has 0 aliphatic heterocycles. The van der Waals surface area contributed by atoms with E-state index in [2.05, 4.69) is 28.9 Å².